The molecular weight excluding hydrogens is 727 g/mol. The van der Waals surface area contributed by atoms with Gasteiger partial charge in [0.2, 0.25) is 0 Å². The van der Waals surface area contributed by atoms with Gasteiger partial charge in [0.1, 0.15) is 11.2 Å². The second kappa shape index (κ2) is 12.7. The van der Waals surface area contributed by atoms with Gasteiger partial charge in [0.15, 0.2) is 0 Å². The summed E-state index contributed by atoms with van der Waals surface area (Å²) < 4.78 is 6.95. The van der Waals surface area contributed by atoms with Crippen LogP contribution in [0.2, 0.25) is 0 Å². The zero-order chi connectivity index (χ0) is 40.3. The van der Waals surface area contributed by atoms with E-state index in [2.05, 4.69) is 221 Å². The summed E-state index contributed by atoms with van der Waals surface area (Å²) in [6.45, 7) is 9.43. The Kier molecular flexibility index (Phi) is 7.36. The van der Waals surface area contributed by atoms with Gasteiger partial charge in [0.05, 0.1) is 0 Å². The highest BCUT2D eigenvalue weighted by atomic mass is 16.3. The predicted molar refractivity (Wildman–Crippen MR) is 252 cm³/mol. The molecule has 0 bridgehead atoms. The molecule has 0 amide bonds. The predicted octanol–water partition coefficient (Wildman–Crippen LogP) is 16.2. The molecule has 0 radical (unpaired) electrons. The van der Waals surface area contributed by atoms with Crippen LogP contribution in [0.15, 0.2) is 192 Å². The Morgan fingerprint density at radius 1 is 0.333 bits per heavy atom. The molecule has 12 rings (SSSR count). The summed E-state index contributed by atoms with van der Waals surface area (Å²) in [6, 6.07) is 69.2. The van der Waals surface area contributed by atoms with Crippen molar-refractivity contribution in [2.45, 2.75) is 38.5 Å². The molecule has 0 N–H and O–H groups in total. The van der Waals surface area contributed by atoms with Crippen LogP contribution in [0.25, 0.3) is 77.2 Å². The first-order valence-electron chi connectivity index (χ1n) is 21.1. The molecule has 2 nitrogen and oxygen atoms in total. The summed E-state index contributed by atoms with van der Waals surface area (Å²) in [7, 11) is 0. The minimum atomic E-state index is -0.126. The third kappa shape index (κ3) is 5.01. The van der Waals surface area contributed by atoms with Gasteiger partial charge in [-0.3, -0.25) is 0 Å². The van der Waals surface area contributed by atoms with Crippen molar-refractivity contribution in [3.8, 4) is 44.5 Å². The standard InChI is InChI=1S/C58H43NO/c1-57(2)50-20-12-10-17-43(50)45-29-26-39(32-52(45)57)59(40-27-30-46-44-18-11-13-21-51(44)58(3,4)53(46)33-40)41-28-31-48-54(34-41)60-55-35-49(42-16-8-9-19-47(42)56(48)55)38-24-22-37(23-25-38)36-14-6-5-7-15-36/h5-35H,1-4H3. The molecule has 1 heterocycles. The van der Waals surface area contributed by atoms with E-state index >= 15 is 0 Å². The van der Waals surface area contributed by atoms with Crippen LogP contribution in [0, 0.1) is 0 Å². The molecule has 2 aliphatic rings. The summed E-state index contributed by atoms with van der Waals surface area (Å²) in [5.41, 5.74) is 20.3. The van der Waals surface area contributed by atoms with Gasteiger partial charge in [-0.1, -0.05) is 167 Å². The van der Waals surface area contributed by atoms with Gasteiger partial charge in [-0.25, -0.2) is 0 Å². The zero-order valence-corrected chi connectivity index (χ0v) is 34.3. The van der Waals surface area contributed by atoms with Crippen LogP contribution in [0.1, 0.15) is 49.9 Å². The highest BCUT2D eigenvalue weighted by Gasteiger charge is 2.37. The lowest BCUT2D eigenvalue weighted by atomic mass is 9.82. The number of anilines is 3. The van der Waals surface area contributed by atoms with Gasteiger partial charge < -0.3 is 9.32 Å². The second-order valence-electron chi connectivity index (χ2n) is 17.7. The second-order valence-corrected chi connectivity index (χ2v) is 17.7. The highest BCUT2D eigenvalue weighted by molar-refractivity contribution is 6.22. The Morgan fingerprint density at radius 3 is 1.45 bits per heavy atom. The lowest BCUT2D eigenvalue weighted by Gasteiger charge is -2.29. The van der Waals surface area contributed by atoms with E-state index in [0.29, 0.717) is 0 Å². The van der Waals surface area contributed by atoms with E-state index < -0.39 is 0 Å². The van der Waals surface area contributed by atoms with Crippen LogP contribution >= 0.6 is 0 Å². The lowest BCUT2D eigenvalue weighted by Crippen LogP contribution is -2.18. The Balaban J connectivity index is 1.03. The van der Waals surface area contributed by atoms with Crippen LogP contribution in [0.3, 0.4) is 0 Å². The smallest absolute Gasteiger partial charge is 0.137 e. The fraction of sp³-hybridized carbons (Fsp3) is 0.103. The number of nitrogens with zero attached hydrogens (tertiary/aromatic N) is 1. The van der Waals surface area contributed by atoms with Crippen LogP contribution < -0.4 is 4.90 Å². The molecule has 60 heavy (non-hydrogen) atoms. The molecule has 0 spiro atoms. The van der Waals surface area contributed by atoms with Crippen molar-refractivity contribution >= 4 is 49.8 Å². The maximum absolute atomic E-state index is 6.95. The fourth-order valence-electron chi connectivity index (χ4n) is 10.6. The molecule has 2 heteroatoms. The van der Waals surface area contributed by atoms with E-state index in [4.69, 9.17) is 4.42 Å². The van der Waals surface area contributed by atoms with Gasteiger partial charge in [-0.15, -0.1) is 0 Å². The monoisotopic (exact) mass is 769 g/mol. The molecule has 0 aliphatic heterocycles. The van der Waals surface area contributed by atoms with Crippen molar-refractivity contribution < 1.29 is 4.42 Å². The van der Waals surface area contributed by atoms with Gasteiger partial charge >= 0.3 is 0 Å². The Morgan fingerprint density at radius 2 is 0.817 bits per heavy atom. The van der Waals surface area contributed by atoms with Crippen molar-refractivity contribution in [2.24, 2.45) is 0 Å². The minimum Gasteiger partial charge on any atom is -0.456 e. The highest BCUT2D eigenvalue weighted by Crippen LogP contribution is 2.53. The molecule has 1 aromatic heterocycles. The Hall–Kier alpha value is -7.16. The number of rotatable bonds is 5. The zero-order valence-electron chi connectivity index (χ0n) is 34.3. The van der Waals surface area contributed by atoms with Crippen LogP contribution in [0.4, 0.5) is 17.1 Å². The summed E-state index contributed by atoms with van der Waals surface area (Å²) in [4.78, 5) is 2.43. The van der Waals surface area contributed by atoms with Crippen LogP contribution in [0.5, 0.6) is 0 Å². The number of furan rings is 1. The van der Waals surface area contributed by atoms with Crippen molar-refractivity contribution in [1.29, 1.82) is 0 Å². The quantitative estimate of drug-likeness (QED) is 0.173. The first-order chi connectivity index (χ1) is 29.3. The van der Waals surface area contributed by atoms with Gasteiger partial charge in [0.25, 0.3) is 0 Å². The van der Waals surface area contributed by atoms with E-state index in [0.717, 1.165) is 39.0 Å². The first kappa shape index (κ1) is 34.8. The van der Waals surface area contributed by atoms with Crippen molar-refractivity contribution in [2.75, 3.05) is 4.90 Å². The van der Waals surface area contributed by atoms with Crippen molar-refractivity contribution in [3.63, 3.8) is 0 Å². The topological polar surface area (TPSA) is 16.4 Å². The van der Waals surface area contributed by atoms with Gasteiger partial charge in [0, 0.05) is 44.7 Å². The molecule has 0 saturated carbocycles. The molecule has 0 fully saturated rings. The van der Waals surface area contributed by atoms with E-state index in [1.165, 1.54) is 77.5 Å². The number of fused-ring (bicyclic) bond motifs is 11. The van der Waals surface area contributed by atoms with E-state index in [1.54, 1.807) is 0 Å². The SMILES string of the molecule is CC1(C)c2ccccc2-c2ccc(N(c3ccc4c(c3)C(C)(C)c3ccccc3-4)c3ccc4c(c3)oc3cc(-c5ccc(-c6ccccc6)cc5)c5ccccc5c34)cc21. The van der Waals surface area contributed by atoms with Crippen LogP contribution in [-0.2, 0) is 10.8 Å². The fourth-order valence-corrected chi connectivity index (χ4v) is 10.6. The molecule has 2 aliphatic carbocycles. The number of hydrogen-bond donors (Lipinski definition) is 0. The number of benzene rings is 9. The summed E-state index contributed by atoms with van der Waals surface area (Å²) >= 11 is 0. The van der Waals surface area contributed by atoms with Crippen molar-refractivity contribution in [1.82, 2.24) is 0 Å². The maximum atomic E-state index is 6.95. The molecular formula is C58H43NO. The molecule has 286 valence electrons. The van der Waals surface area contributed by atoms with E-state index in [1.807, 2.05) is 0 Å². The Labute approximate surface area is 351 Å². The van der Waals surface area contributed by atoms with E-state index in [9.17, 15) is 0 Å². The van der Waals surface area contributed by atoms with Gasteiger partial charge in [-0.2, -0.15) is 0 Å². The molecule has 9 aromatic carbocycles. The average molecular weight is 770 g/mol. The Bertz CT molecular complexity index is 3260. The summed E-state index contributed by atoms with van der Waals surface area (Å²) in [5, 5.41) is 4.68. The summed E-state index contributed by atoms with van der Waals surface area (Å²) in [5.74, 6) is 0. The largest absolute Gasteiger partial charge is 0.456 e. The molecule has 10 aromatic rings. The molecule has 0 unspecified atom stereocenters. The molecule has 0 saturated heterocycles. The third-order valence-corrected chi connectivity index (χ3v) is 13.7. The minimum absolute atomic E-state index is 0.126. The third-order valence-electron chi connectivity index (χ3n) is 13.7. The lowest BCUT2D eigenvalue weighted by molar-refractivity contribution is 0.660. The average Bonchev–Trinajstić information content (AvgIpc) is 3.86. The summed E-state index contributed by atoms with van der Waals surface area (Å²) in [6.07, 6.45) is 0. The molecule has 0 atom stereocenters. The first-order valence-corrected chi connectivity index (χ1v) is 21.1. The van der Waals surface area contributed by atoms with Crippen molar-refractivity contribution in [3.05, 3.63) is 210 Å². The maximum Gasteiger partial charge on any atom is 0.137 e. The van der Waals surface area contributed by atoms with Gasteiger partial charge in [-0.05, 0) is 120 Å². The normalized spacial score (nSPS) is 14.3. The van der Waals surface area contributed by atoms with Crippen LogP contribution in [-0.4, -0.2) is 0 Å². The number of hydrogen-bond acceptors (Lipinski definition) is 2. The van der Waals surface area contributed by atoms with E-state index in [-0.39, 0.29) is 10.8 Å².